The zero-order valence-electron chi connectivity index (χ0n) is 22.0. The van der Waals surface area contributed by atoms with Gasteiger partial charge in [-0.2, -0.15) is 0 Å². The van der Waals surface area contributed by atoms with E-state index in [1.807, 2.05) is 0 Å². The molecule has 202 valence electrons. The van der Waals surface area contributed by atoms with Gasteiger partial charge in [0.25, 0.3) is 0 Å². The Hall–Kier alpha value is -2.92. The van der Waals surface area contributed by atoms with Crippen LogP contribution in [0.3, 0.4) is 0 Å². The number of aliphatic hydroxyl groups is 1. The number of ether oxygens (including phenoxy) is 3. The molecular formula is C25H38FN3O7. The molecule has 0 aliphatic carbocycles. The molecule has 2 rings (SSSR count). The second kappa shape index (κ2) is 12.4. The molecule has 3 amide bonds. The first kappa shape index (κ1) is 29.3. The molecule has 0 radical (unpaired) electrons. The number of hydrogen-bond donors (Lipinski definition) is 2. The van der Waals surface area contributed by atoms with Crippen molar-refractivity contribution in [1.82, 2.24) is 15.1 Å². The van der Waals surface area contributed by atoms with Gasteiger partial charge in [-0.25, -0.2) is 9.18 Å². The highest BCUT2D eigenvalue weighted by molar-refractivity contribution is 5.91. The van der Waals surface area contributed by atoms with Gasteiger partial charge in [-0.3, -0.25) is 14.5 Å². The number of likely N-dealkylation sites (N-methyl/N-ethyl adjacent to an activating group) is 1. The summed E-state index contributed by atoms with van der Waals surface area (Å²) in [6.45, 7) is 8.20. The van der Waals surface area contributed by atoms with Crippen LogP contribution in [0.5, 0.6) is 5.75 Å². The van der Waals surface area contributed by atoms with Crippen molar-refractivity contribution >= 4 is 17.9 Å². The van der Waals surface area contributed by atoms with Crippen molar-refractivity contribution in [2.75, 3.05) is 27.3 Å². The maximum Gasteiger partial charge on any atom is 0.410 e. The van der Waals surface area contributed by atoms with Crippen LogP contribution in [0.4, 0.5) is 9.18 Å². The molecule has 1 aliphatic heterocycles. The first-order chi connectivity index (χ1) is 16.8. The van der Waals surface area contributed by atoms with Crippen molar-refractivity contribution in [1.29, 1.82) is 0 Å². The molecule has 10 nitrogen and oxygen atoms in total. The second-order valence-electron chi connectivity index (χ2n) is 9.95. The Balaban J connectivity index is 2.12. The second-order valence-corrected chi connectivity index (χ2v) is 9.95. The topological polar surface area (TPSA) is 118 Å². The van der Waals surface area contributed by atoms with Crippen LogP contribution in [0, 0.1) is 5.82 Å². The van der Waals surface area contributed by atoms with Gasteiger partial charge >= 0.3 is 6.09 Å². The average Bonchev–Trinajstić information content (AvgIpc) is 3.23. The Kier molecular flexibility index (Phi) is 10.1. The Morgan fingerprint density at radius 1 is 1.22 bits per heavy atom. The van der Waals surface area contributed by atoms with Crippen molar-refractivity contribution in [2.24, 2.45) is 0 Å². The van der Waals surface area contributed by atoms with E-state index in [1.54, 1.807) is 27.7 Å². The predicted octanol–water partition coefficient (Wildman–Crippen LogP) is 1.94. The standard InChI is InChI=1S/C25H38FN3O7/c1-15(28(6)24(33)36-25(3,4)5)22(31)27-21(16(2)34-7)23(32)29-13-20(12-18(29)14-30)35-19-10-8-17(26)9-11-19/h8-11,15-16,18,20-21,30H,12-14H2,1-7H3,(H,27,31)/t15-,16+,18-,20-,21-/m0/s1. The number of carbonyl (C=O) groups excluding carboxylic acids is 3. The van der Waals surface area contributed by atoms with E-state index in [-0.39, 0.29) is 13.2 Å². The van der Waals surface area contributed by atoms with Crippen LogP contribution in [-0.2, 0) is 19.1 Å². The molecule has 0 unspecified atom stereocenters. The predicted molar refractivity (Wildman–Crippen MR) is 130 cm³/mol. The third kappa shape index (κ3) is 7.79. The molecule has 1 saturated heterocycles. The highest BCUT2D eigenvalue weighted by Crippen LogP contribution is 2.24. The van der Waals surface area contributed by atoms with Crippen molar-refractivity contribution in [2.45, 2.75) is 77.0 Å². The minimum atomic E-state index is -1.07. The van der Waals surface area contributed by atoms with Gasteiger partial charge in [-0.15, -0.1) is 0 Å². The van der Waals surface area contributed by atoms with Crippen LogP contribution < -0.4 is 10.1 Å². The van der Waals surface area contributed by atoms with E-state index in [0.29, 0.717) is 12.2 Å². The molecule has 0 bridgehead atoms. The average molecular weight is 512 g/mol. The van der Waals surface area contributed by atoms with E-state index in [0.717, 1.165) is 4.90 Å². The number of halogens is 1. The molecule has 1 aliphatic rings. The molecule has 0 spiro atoms. The van der Waals surface area contributed by atoms with Gasteiger partial charge in [-0.05, 0) is 58.9 Å². The summed E-state index contributed by atoms with van der Waals surface area (Å²) in [6.07, 6.45) is -1.44. The van der Waals surface area contributed by atoms with Crippen molar-refractivity contribution < 1.29 is 38.1 Å². The zero-order chi connectivity index (χ0) is 27.2. The van der Waals surface area contributed by atoms with Crippen LogP contribution in [0.1, 0.15) is 41.0 Å². The molecule has 0 aromatic heterocycles. The first-order valence-corrected chi connectivity index (χ1v) is 11.9. The number of methoxy groups -OCH3 is 1. The molecule has 1 aromatic carbocycles. The third-order valence-corrected chi connectivity index (χ3v) is 6.03. The SMILES string of the molecule is CO[C@H](C)[C@H](NC(=O)[C@H](C)N(C)C(=O)OC(C)(C)C)C(=O)N1C[C@@H](Oc2ccc(F)cc2)C[C@H]1CO. The van der Waals surface area contributed by atoms with E-state index in [1.165, 1.54) is 50.2 Å². The lowest BCUT2D eigenvalue weighted by Gasteiger charge is -2.33. The maximum atomic E-state index is 13.5. The normalized spacial score (nSPS) is 20.3. The van der Waals surface area contributed by atoms with Crippen LogP contribution in [0.25, 0.3) is 0 Å². The molecule has 1 fully saturated rings. The maximum absolute atomic E-state index is 13.5. The molecule has 11 heteroatoms. The molecule has 0 saturated carbocycles. The number of carbonyl (C=O) groups is 3. The number of rotatable bonds is 9. The van der Waals surface area contributed by atoms with Crippen molar-refractivity contribution in [3.8, 4) is 5.75 Å². The summed E-state index contributed by atoms with van der Waals surface area (Å²) in [7, 11) is 2.86. The van der Waals surface area contributed by atoms with Crippen LogP contribution in [0.15, 0.2) is 24.3 Å². The number of nitrogens with one attached hydrogen (secondary N) is 1. The van der Waals surface area contributed by atoms with E-state index in [4.69, 9.17) is 14.2 Å². The van der Waals surface area contributed by atoms with E-state index in [9.17, 15) is 23.9 Å². The quantitative estimate of drug-likeness (QED) is 0.520. The lowest BCUT2D eigenvalue weighted by atomic mass is 10.1. The third-order valence-electron chi connectivity index (χ3n) is 6.03. The highest BCUT2D eigenvalue weighted by Gasteiger charge is 2.41. The summed E-state index contributed by atoms with van der Waals surface area (Å²) in [5.41, 5.74) is -0.730. The van der Waals surface area contributed by atoms with Gasteiger partial charge in [0.05, 0.1) is 25.3 Å². The fourth-order valence-corrected chi connectivity index (χ4v) is 3.74. The summed E-state index contributed by atoms with van der Waals surface area (Å²) < 4.78 is 29.7. The fourth-order valence-electron chi connectivity index (χ4n) is 3.74. The number of nitrogens with zero attached hydrogens (tertiary/aromatic N) is 2. The summed E-state index contributed by atoms with van der Waals surface area (Å²) >= 11 is 0. The molecule has 36 heavy (non-hydrogen) atoms. The largest absolute Gasteiger partial charge is 0.489 e. The highest BCUT2D eigenvalue weighted by atomic mass is 19.1. The summed E-state index contributed by atoms with van der Waals surface area (Å²) in [6, 6.07) is 3.00. The van der Waals surface area contributed by atoms with Crippen molar-refractivity contribution in [3.63, 3.8) is 0 Å². The number of hydrogen-bond acceptors (Lipinski definition) is 7. The van der Waals surface area contributed by atoms with E-state index < -0.39 is 59.7 Å². The summed E-state index contributed by atoms with van der Waals surface area (Å²) in [5, 5.41) is 12.6. The lowest BCUT2D eigenvalue weighted by molar-refractivity contribution is -0.142. The summed E-state index contributed by atoms with van der Waals surface area (Å²) in [5.74, 6) is -0.961. The van der Waals surface area contributed by atoms with E-state index >= 15 is 0 Å². The van der Waals surface area contributed by atoms with Crippen LogP contribution in [0.2, 0.25) is 0 Å². The van der Waals surface area contributed by atoms with Crippen LogP contribution >= 0.6 is 0 Å². The zero-order valence-corrected chi connectivity index (χ0v) is 22.0. The first-order valence-electron chi connectivity index (χ1n) is 11.9. The van der Waals surface area contributed by atoms with Gasteiger partial charge in [0.1, 0.15) is 35.4 Å². The molecule has 2 N–H and O–H groups in total. The monoisotopic (exact) mass is 511 g/mol. The van der Waals surface area contributed by atoms with Crippen LogP contribution in [-0.4, -0.2) is 96.1 Å². The summed E-state index contributed by atoms with van der Waals surface area (Å²) in [4.78, 5) is 41.5. The molecule has 1 aromatic rings. The minimum Gasteiger partial charge on any atom is -0.489 e. The van der Waals surface area contributed by atoms with Crippen molar-refractivity contribution in [3.05, 3.63) is 30.1 Å². The van der Waals surface area contributed by atoms with Gasteiger partial charge in [0.2, 0.25) is 11.8 Å². The Labute approximate surface area is 211 Å². The van der Waals surface area contributed by atoms with Gasteiger partial charge in [-0.1, -0.05) is 0 Å². The Bertz CT molecular complexity index is 906. The van der Waals surface area contributed by atoms with Gasteiger partial charge in [0.15, 0.2) is 0 Å². The van der Waals surface area contributed by atoms with E-state index in [2.05, 4.69) is 5.32 Å². The number of likely N-dealkylation sites (tertiary alicyclic amines) is 1. The minimum absolute atomic E-state index is 0.164. The number of amides is 3. The molecular weight excluding hydrogens is 473 g/mol. The Morgan fingerprint density at radius 2 is 1.83 bits per heavy atom. The van der Waals surface area contributed by atoms with Gasteiger partial charge in [0, 0.05) is 20.6 Å². The lowest BCUT2D eigenvalue weighted by Crippen LogP contribution is -2.59. The van der Waals surface area contributed by atoms with Gasteiger partial charge < -0.3 is 29.5 Å². The molecule has 1 heterocycles. The smallest absolute Gasteiger partial charge is 0.410 e. The number of benzene rings is 1. The number of aliphatic hydroxyl groups excluding tert-OH is 1. The molecule has 5 atom stereocenters. The fraction of sp³-hybridized carbons (Fsp3) is 0.640. The Morgan fingerprint density at radius 3 is 2.36 bits per heavy atom.